The summed E-state index contributed by atoms with van der Waals surface area (Å²) in [6, 6.07) is 15.1. The summed E-state index contributed by atoms with van der Waals surface area (Å²) < 4.78 is 0. The first kappa shape index (κ1) is 23.4. The minimum absolute atomic E-state index is 0.107. The second kappa shape index (κ2) is 10.0. The van der Waals surface area contributed by atoms with Gasteiger partial charge < -0.3 is 15.1 Å². The standard InChI is InChI=1S/C27H30N4O3/c1-3-23(32)25(28)22-15-17-31(27(34)26(22)29-19-9-7-18(2)8-10-19)21-13-11-20(12-14-21)30-16-5-4-6-24(30)33/h7-14,28-29H,3-6,15-17H2,1-2H3. The van der Waals surface area contributed by atoms with Crippen LogP contribution in [-0.2, 0) is 14.4 Å². The quantitative estimate of drug-likeness (QED) is 0.593. The highest BCUT2D eigenvalue weighted by Gasteiger charge is 2.32. The molecule has 2 aromatic rings. The number of hydrogen-bond acceptors (Lipinski definition) is 5. The molecule has 7 nitrogen and oxygen atoms in total. The summed E-state index contributed by atoms with van der Waals surface area (Å²) in [6.07, 6.45) is 3.10. The van der Waals surface area contributed by atoms with Crippen LogP contribution in [0.15, 0.2) is 59.8 Å². The fraction of sp³-hybridized carbons (Fsp3) is 0.333. The Morgan fingerprint density at radius 2 is 1.56 bits per heavy atom. The maximum Gasteiger partial charge on any atom is 0.275 e. The second-order valence-corrected chi connectivity index (χ2v) is 8.72. The largest absolute Gasteiger partial charge is 0.351 e. The van der Waals surface area contributed by atoms with Gasteiger partial charge in [0.1, 0.15) is 11.4 Å². The molecule has 7 heteroatoms. The number of carbonyl (C=O) groups excluding carboxylic acids is 3. The molecular weight excluding hydrogens is 428 g/mol. The molecule has 2 aliphatic heterocycles. The minimum atomic E-state index is -0.282. The van der Waals surface area contributed by atoms with Gasteiger partial charge in [0.15, 0.2) is 5.78 Å². The molecule has 0 aromatic heterocycles. The number of anilines is 3. The number of Topliss-reactive ketones (excluding diaryl/α,β-unsaturated/α-hetero) is 1. The number of ketones is 1. The van der Waals surface area contributed by atoms with E-state index in [1.165, 1.54) is 0 Å². The van der Waals surface area contributed by atoms with E-state index in [0.29, 0.717) is 37.2 Å². The molecular formula is C27H30N4O3. The van der Waals surface area contributed by atoms with Gasteiger partial charge in [0, 0.05) is 48.6 Å². The monoisotopic (exact) mass is 458 g/mol. The third kappa shape index (κ3) is 4.78. The molecule has 0 radical (unpaired) electrons. The first-order valence-corrected chi connectivity index (χ1v) is 11.8. The van der Waals surface area contributed by atoms with Gasteiger partial charge in [-0.25, -0.2) is 0 Å². The van der Waals surface area contributed by atoms with Crippen LogP contribution in [0.4, 0.5) is 17.1 Å². The summed E-state index contributed by atoms with van der Waals surface area (Å²) >= 11 is 0. The summed E-state index contributed by atoms with van der Waals surface area (Å²) in [6.45, 7) is 4.79. The van der Waals surface area contributed by atoms with Crippen molar-refractivity contribution in [3.05, 3.63) is 65.4 Å². The molecule has 4 rings (SSSR count). The number of aryl methyl sites for hydroxylation is 1. The Morgan fingerprint density at radius 3 is 2.18 bits per heavy atom. The first-order chi connectivity index (χ1) is 16.4. The van der Waals surface area contributed by atoms with Crippen molar-refractivity contribution in [1.82, 2.24) is 0 Å². The van der Waals surface area contributed by atoms with Crippen molar-refractivity contribution < 1.29 is 14.4 Å². The Kier molecular flexibility index (Phi) is 6.91. The molecule has 1 fully saturated rings. The number of piperidine rings is 1. The number of nitrogens with one attached hydrogen (secondary N) is 2. The number of nitrogens with zero attached hydrogens (tertiary/aromatic N) is 2. The van der Waals surface area contributed by atoms with Gasteiger partial charge in [-0.3, -0.25) is 19.8 Å². The van der Waals surface area contributed by atoms with E-state index < -0.39 is 0 Å². The Balaban J connectivity index is 1.63. The Bertz CT molecular complexity index is 1150. The molecule has 0 unspecified atom stereocenters. The van der Waals surface area contributed by atoms with E-state index in [1.54, 1.807) is 16.7 Å². The lowest BCUT2D eigenvalue weighted by molar-refractivity contribution is -0.119. The van der Waals surface area contributed by atoms with Crippen molar-refractivity contribution in [2.24, 2.45) is 0 Å². The van der Waals surface area contributed by atoms with Crippen LogP contribution in [0.1, 0.15) is 44.6 Å². The van der Waals surface area contributed by atoms with E-state index >= 15 is 0 Å². The fourth-order valence-corrected chi connectivity index (χ4v) is 4.36. The van der Waals surface area contributed by atoms with Crippen LogP contribution >= 0.6 is 0 Å². The summed E-state index contributed by atoms with van der Waals surface area (Å²) in [5, 5.41) is 11.6. The van der Waals surface area contributed by atoms with Gasteiger partial charge in [-0.15, -0.1) is 0 Å². The molecule has 2 amide bonds. The molecule has 0 aliphatic carbocycles. The number of rotatable bonds is 7. The van der Waals surface area contributed by atoms with Crippen molar-refractivity contribution in [3.8, 4) is 0 Å². The molecule has 0 atom stereocenters. The van der Waals surface area contributed by atoms with Gasteiger partial charge in [-0.1, -0.05) is 24.6 Å². The van der Waals surface area contributed by atoms with Gasteiger partial charge in [-0.05, 0) is 62.6 Å². The number of amides is 2. The number of carbonyl (C=O) groups is 3. The molecule has 1 saturated heterocycles. The predicted molar refractivity (Wildman–Crippen MR) is 134 cm³/mol. The van der Waals surface area contributed by atoms with Crippen LogP contribution in [0.5, 0.6) is 0 Å². The van der Waals surface area contributed by atoms with E-state index in [1.807, 2.05) is 55.5 Å². The number of benzene rings is 2. The molecule has 0 spiro atoms. The SMILES string of the molecule is CCC(=O)C(=N)C1=C(Nc2ccc(C)cc2)C(=O)N(c2ccc(N3CCCCC3=O)cc2)CC1. The van der Waals surface area contributed by atoms with Gasteiger partial charge in [-0.2, -0.15) is 0 Å². The lowest BCUT2D eigenvalue weighted by Crippen LogP contribution is -2.41. The molecule has 2 N–H and O–H groups in total. The van der Waals surface area contributed by atoms with Crippen LogP contribution in [0.2, 0.25) is 0 Å². The van der Waals surface area contributed by atoms with Gasteiger partial charge in [0.05, 0.1) is 0 Å². The van der Waals surface area contributed by atoms with Crippen LogP contribution in [0.25, 0.3) is 0 Å². The third-order valence-electron chi connectivity index (χ3n) is 6.37. The van der Waals surface area contributed by atoms with Gasteiger partial charge in [0.2, 0.25) is 5.91 Å². The van der Waals surface area contributed by atoms with Crippen molar-refractivity contribution in [3.63, 3.8) is 0 Å². The van der Waals surface area contributed by atoms with E-state index in [2.05, 4.69) is 5.32 Å². The van der Waals surface area contributed by atoms with Crippen LogP contribution in [0, 0.1) is 12.3 Å². The molecule has 2 heterocycles. The van der Waals surface area contributed by atoms with E-state index in [0.717, 1.165) is 29.8 Å². The van der Waals surface area contributed by atoms with Crippen molar-refractivity contribution in [2.75, 3.05) is 28.2 Å². The van der Waals surface area contributed by atoms with Crippen molar-refractivity contribution >= 4 is 40.4 Å². The third-order valence-corrected chi connectivity index (χ3v) is 6.37. The molecule has 34 heavy (non-hydrogen) atoms. The lowest BCUT2D eigenvalue weighted by Gasteiger charge is -2.32. The average Bonchev–Trinajstić information content (AvgIpc) is 2.86. The van der Waals surface area contributed by atoms with Crippen LogP contribution in [0.3, 0.4) is 0 Å². The topological polar surface area (TPSA) is 93.6 Å². The summed E-state index contributed by atoms with van der Waals surface area (Å²) in [5.41, 5.74) is 3.98. The first-order valence-electron chi connectivity index (χ1n) is 11.8. The van der Waals surface area contributed by atoms with Gasteiger partial charge in [0.25, 0.3) is 5.91 Å². The average molecular weight is 459 g/mol. The molecule has 176 valence electrons. The Hall–Kier alpha value is -3.74. The van der Waals surface area contributed by atoms with Gasteiger partial charge >= 0.3 is 0 Å². The Morgan fingerprint density at radius 1 is 0.912 bits per heavy atom. The smallest absolute Gasteiger partial charge is 0.275 e. The molecule has 2 aliphatic rings. The number of hydrogen-bond donors (Lipinski definition) is 2. The Labute approximate surface area is 200 Å². The summed E-state index contributed by atoms with van der Waals surface area (Å²) in [5.74, 6) is -0.434. The van der Waals surface area contributed by atoms with E-state index in [4.69, 9.17) is 5.41 Å². The zero-order chi connectivity index (χ0) is 24.2. The van der Waals surface area contributed by atoms with Crippen LogP contribution < -0.4 is 15.1 Å². The normalized spacial score (nSPS) is 16.6. The van der Waals surface area contributed by atoms with E-state index in [9.17, 15) is 14.4 Å². The van der Waals surface area contributed by atoms with E-state index in [-0.39, 0.29) is 35.4 Å². The zero-order valence-electron chi connectivity index (χ0n) is 19.7. The highest BCUT2D eigenvalue weighted by molar-refractivity contribution is 6.46. The van der Waals surface area contributed by atoms with Crippen molar-refractivity contribution in [2.45, 2.75) is 46.0 Å². The highest BCUT2D eigenvalue weighted by Crippen LogP contribution is 2.30. The molecule has 0 bridgehead atoms. The van der Waals surface area contributed by atoms with Crippen LogP contribution in [-0.4, -0.2) is 36.4 Å². The minimum Gasteiger partial charge on any atom is -0.351 e. The maximum atomic E-state index is 13.6. The molecule has 0 saturated carbocycles. The fourth-order valence-electron chi connectivity index (χ4n) is 4.36. The second-order valence-electron chi connectivity index (χ2n) is 8.72. The highest BCUT2D eigenvalue weighted by atomic mass is 16.2. The maximum absolute atomic E-state index is 13.6. The zero-order valence-corrected chi connectivity index (χ0v) is 19.7. The van der Waals surface area contributed by atoms with Crippen molar-refractivity contribution in [1.29, 1.82) is 5.41 Å². The molecule has 2 aromatic carbocycles. The lowest BCUT2D eigenvalue weighted by atomic mass is 9.95. The predicted octanol–water partition coefficient (Wildman–Crippen LogP) is 4.61. The summed E-state index contributed by atoms with van der Waals surface area (Å²) in [7, 11) is 0. The summed E-state index contributed by atoms with van der Waals surface area (Å²) in [4.78, 5) is 41.6.